The van der Waals surface area contributed by atoms with Crippen LogP contribution in [-0.4, -0.2) is 32.9 Å². The summed E-state index contributed by atoms with van der Waals surface area (Å²) in [5.41, 5.74) is -1.11. The molecular formula is C16H18ClN3O3. The van der Waals surface area contributed by atoms with Gasteiger partial charge in [-0.1, -0.05) is 17.5 Å². The summed E-state index contributed by atoms with van der Waals surface area (Å²) in [4.78, 5) is 11.9. The Kier molecular flexibility index (Phi) is 5.48. The van der Waals surface area contributed by atoms with Crippen LogP contribution in [0.25, 0.3) is 0 Å². The van der Waals surface area contributed by atoms with E-state index in [2.05, 4.69) is 22.3 Å². The molecule has 6 nitrogen and oxygen atoms in total. The Morgan fingerprint density at radius 1 is 1.52 bits per heavy atom. The van der Waals surface area contributed by atoms with Crippen molar-refractivity contribution in [3.63, 3.8) is 0 Å². The third-order valence-corrected chi connectivity index (χ3v) is 2.97. The molecule has 0 aromatic carbocycles. The second-order valence-corrected chi connectivity index (χ2v) is 5.94. The fourth-order valence-electron chi connectivity index (χ4n) is 1.73. The van der Waals surface area contributed by atoms with E-state index in [0.29, 0.717) is 23.9 Å². The third kappa shape index (κ3) is 5.81. The normalized spacial score (nSPS) is 11.0. The van der Waals surface area contributed by atoms with Crippen molar-refractivity contribution in [1.82, 2.24) is 15.1 Å². The van der Waals surface area contributed by atoms with Gasteiger partial charge in [-0.15, -0.1) is 0 Å². The second-order valence-electron chi connectivity index (χ2n) is 5.50. The highest BCUT2D eigenvalue weighted by atomic mass is 35.5. The van der Waals surface area contributed by atoms with E-state index in [1.54, 1.807) is 43.1 Å². The molecule has 0 radical (unpaired) electrons. The summed E-state index contributed by atoms with van der Waals surface area (Å²) in [5.74, 6) is 5.52. The highest BCUT2D eigenvalue weighted by molar-refractivity contribution is 6.30. The van der Waals surface area contributed by atoms with Gasteiger partial charge in [0.25, 0.3) is 5.91 Å². The molecule has 122 valence electrons. The first-order valence-corrected chi connectivity index (χ1v) is 7.53. The van der Waals surface area contributed by atoms with Crippen LogP contribution in [0.1, 0.15) is 36.6 Å². The lowest BCUT2D eigenvalue weighted by Gasteiger charge is -2.05. The zero-order chi connectivity index (χ0) is 16.9. The first-order valence-electron chi connectivity index (χ1n) is 7.15. The first kappa shape index (κ1) is 17.1. The smallest absolute Gasteiger partial charge is 0.287 e. The molecule has 2 rings (SSSR count). The number of nitrogens with one attached hydrogen (secondary N) is 1. The summed E-state index contributed by atoms with van der Waals surface area (Å²) in [7, 11) is 0. The number of furan rings is 1. The van der Waals surface area contributed by atoms with Gasteiger partial charge in [0.15, 0.2) is 11.5 Å². The fourth-order valence-corrected chi connectivity index (χ4v) is 1.89. The van der Waals surface area contributed by atoms with Crippen LogP contribution in [-0.2, 0) is 6.54 Å². The van der Waals surface area contributed by atoms with E-state index in [-0.39, 0.29) is 11.7 Å². The summed E-state index contributed by atoms with van der Waals surface area (Å²) in [6.07, 6.45) is 4.01. The van der Waals surface area contributed by atoms with Gasteiger partial charge in [0, 0.05) is 19.3 Å². The van der Waals surface area contributed by atoms with Gasteiger partial charge in [-0.25, -0.2) is 0 Å². The van der Waals surface area contributed by atoms with Gasteiger partial charge in [0.2, 0.25) is 0 Å². The molecule has 23 heavy (non-hydrogen) atoms. The van der Waals surface area contributed by atoms with Gasteiger partial charge in [0.1, 0.15) is 5.60 Å². The van der Waals surface area contributed by atoms with Crippen LogP contribution in [0.4, 0.5) is 0 Å². The minimum atomic E-state index is -1.11. The zero-order valence-corrected chi connectivity index (χ0v) is 13.7. The van der Waals surface area contributed by atoms with Gasteiger partial charge in [-0.2, -0.15) is 5.10 Å². The van der Waals surface area contributed by atoms with E-state index < -0.39 is 5.60 Å². The number of aromatic nitrogens is 2. The number of nitrogens with zero attached hydrogens (tertiary/aromatic N) is 2. The summed E-state index contributed by atoms with van der Waals surface area (Å²) < 4.78 is 7.04. The lowest BCUT2D eigenvalue weighted by Crippen LogP contribution is -2.24. The predicted octanol–water partition coefficient (Wildman–Crippen LogP) is 2.07. The summed E-state index contributed by atoms with van der Waals surface area (Å²) in [6, 6.07) is 3.15. The van der Waals surface area contributed by atoms with Crippen LogP contribution in [0.3, 0.4) is 0 Å². The molecule has 0 spiro atoms. The molecule has 0 unspecified atom stereocenters. The van der Waals surface area contributed by atoms with E-state index in [1.807, 2.05) is 0 Å². The number of amides is 1. The molecule has 1 amide bonds. The van der Waals surface area contributed by atoms with Gasteiger partial charge < -0.3 is 14.8 Å². The van der Waals surface area contributed by atoms with Crippen LogP contribution in [0.5, 0.6) is 0 Å². The predicted molar refractivity (Wildman–Crippen MR) is 86.1 cm³/mol. The number of hydrogen-bond donors (Lipinski definition) is 2. The van der Waals surface area contributed by atoms with Crippen molar-refractivity contribution in [2.24, 2.45) is 0 Å². The molecule has 0 bridgehead atoms. The molecule has 7 heteroatoms. The lowest BCUT2D eigenvalue weighted by atomic mass is 10.1. The molecule has 2 aromatic heterocycles. The largest absolute Gasteiger partial charge is 0.443 e. The van der Waals surface area contributed by atoms with Gasteiger partial charge in [-0.3, -0.25) is 9.48 Å². The molecule has 0 atom stereocenters. The fraction of sp³-hybridized carbons (Fsp3) is 0.375. The molecule has 0 fully saturated rings. The van der Waals surface area contributed by atoms with Crippen LogP contribution >= 0.6 is 11.6 Å². The molecule has 0 aliphatic carbocycles. The number of halogens is 1. The van der Waals surface area contributed by atoms with Crippen molar-refractivity contribution in [2.45, 2.75) is 32.4 Å². The average molecular weight is 336 g/mol. The molecule has 0 aliphatic rings. The highest BCUT2D eigenvalue weighted by Crippen LogP contribution is 2.08. The number of aryl methyl sites for hydroxylation is 1. The van der Waals surface area contributed by atoms with E-state index in [1.165, 1.54) is 0 Å². The maximum Gasteiger partial charge on any atom is 0.287 e. The first-order chi connectivity index (χ1) is 10.8. The van der Waals surface area contributed by atoms with E-state index in [0.717, 1.165) is 6.42 Å². The Morgan fingerprint density at radius 3 is 2.96 bits per heavy atom. The van der Waals surface area contributed by atoms with Gasteiger partial charge in [-0.05, 0) is 38.3 Å². The molecule has 0 saturated carbocycles. The Hall–Kier alpha value is -2.23. The Morgan fingerprint density at radius 2 is 2.30 bits per heavy atom. The van der Waals surface area contributed by atoms with E-state index in [4.69, 9.17) is 16.0 Å². The minimum absolute atomic E-state index is 0.187. The minimum Gasteiger partial charge on any atom is -0.443 e. The van der Waals surface area contributed by atoms with Gasteiger partial charge in [0.05, 0.1) is 11.2 Å². The van der Waals surface area contributed by atoms with Gasteiger partial charge >= 0.3 is 0 Å². The third-order valence-electron chi connectivity index (χ3n) is 2.77. The molecule has 2 aromatic rings. The van der Waals surface area contributed by atoms with Crippen molar-refractivity contribution < 1.29 is 14.3 Å². The molecule has 0 saturated heterocycles. The summed E-state index contributed by atoms with van der Waals surface area (Å²) >= 11 is 5.77. The zero-order valence-electron chi connectivity index (χ0n) is 13.0. The van der Waals surface area contributed by atoms with Crippen LogP contribution in [0.15, 0.2) is 28.9 Å². The Labute approximate surface area is 139 Å². The maximum atomic E-state index is 11.9. The SMILES string of the molecule is CC(C)(O)C#Cc1ccc(C(=O)NCCCn2cc(Cl)cn2)o1. The van der Waals surface area contributed by atoms with Crippen LogP contribution < -0.4 is 5.32 Å². The molecule has 2 heterocycles. The van der Waals surface area contributed by atoms with Crippen LogP contribution in [0, 0.1) is 11.8 Å². The Balaban J connectivity index is 1.79. The monoisotopic (exact) mass is 335 g/mol. The summed E-state index contributed by atoms with van der Waals surface area (Å²) in [6.45, 7) is 4.29. The average Bonchev–Trinajstić information content (AvgIpc) is 3.09. The van der Waals surface area contributed by atoms with Crippen molar-refractivity contribution >= 4 is 17.5 Å². The second kappa shape index (κ2) is 7.36. The van der Waals surface area contributed by atoms with Crippen molar-refractivity contribution in [2.75, 3.05) is 6.54 Å². The number of aliphatic hydroxyl groups is 1. The van der Waals surface area contributed by atoms with Crippen molar-refractivity contribution in [3.8, 4) is 11.8 Å². The molecular weight excluding hydrogens is 318 g/mol. The highest BCUT2D eigenvalue weighted by Gasteiger charge is 2.11. The Bertz CT molecular complexity index is 732. The quantitative estimate of drug-likeness (QED) is 0.647. The lowest BCUT2D eigenvalue weighted by molar-refractivity contribution is 0.0924. The number of carbonyl (C=O) groups is 1. The number of hydrogen-bond acceptors (Lipinski definition) is 4. The van der Waals surface area contributed by atoms with Crippen LogP contribution in [0.2, 0.25) is 5.02 Å². The molecule has 2 N–H and O–H groups in total. The van der Waals surface area contributed by atoms with E-state index >= 15 is 0 Å². The standard InChI is InChI=1S/C16H18ClN3O3/c1-16(2,22)7-6-13-4-5-14(23-13)15(21)18-8-3-9-20-11-12(17)10-19-20/h4-5,10-11,22H,3,8-9H2,1-2H3,(H,18,21). The number of carbonyl (C=O) groups excluding carboxylic acids is 1. The summed E-state index contributed by atoms with van der Waals surface area (Å²) in [5, 5.41) is 16.9. The maximum absolute atomic E-state index is 11.9. The van der Waals surface area contributed by atoms with E-state index in [9.17, 15) is 9.90 Å². The topological polar surface area (TPSA) is 80.3 Å². The van der Waals surface area contributed by atoms with Crippen molar-refractivity contribution in [1.29, 1.82) is 0 Å². The van der Waals surface area contributed by atoms with Crippen molar-refractivity contribution in [3.05, 3.63) is 41.1 Å². The number of rotatable bonds is 5. The molecule has 0 aliphatic heterocycles.